The van der Waals surface area contributed by atoms with E-state index in [9.17, 15) is 0 Å². The Hall–Kier alpha value is -3.55. The number of ether oxygens (including phenoxy) is 1. The number of aromatic nitrogens is 2. The Balaban J connectivity index is 1.44. The van der Waals surface area contributed by atoms with Crippen molar-refractivity contribution >= 4 is 40.3 Å². The SMILES string of the molecule is COc1ccccc1-n1cccc1C1C(c2ccccn2)NC(=S)N1c1ccc(N2CC(C)CC(C)C2)c(Cl)c1. The van der Waals surface area contributed by atoms with Gasteiger partial charge >= 0.3 is 0 Å². The van der Waals surface area contributed by atoms with Gasteiger partial charge in [0.25, 0.3) is 0 Å². The summed E-state index contributed by atoms with van der Waals surface area (Å²) in [4.78, 5) is 9.31. The van der Waals surface area contributed by atoms with E-state index in [1.54, 1.807) is 7.11 Å². The van der Waals surface area contributed by atoms with Gasteiger partial charge in [-0.3, -0.25) is 4.98 Å². The molecule has 1 N–H and O–H groups in total. The van der Waals surface area contributed by atoms with E-state index >= 15 is 0 Å². The van der Waals surface area contributed by atoms with E-state index in [-0.39, 0.29) is 12.1 Å². The zero-order chi connectivity index (χ0) is 27.8. The second-order valence-electron chi connectivity index (χ2n) is 11.0. The standard InChI is InChI=1S/C32H34ClN5OS/c1-21-17-22(2)20-36(19-21)26-14-13-23(18-24(26)33)38-31(30(35-32(38)40)25-9-6-7-15-34-25)28-11-8-16-37(28)27-10-4-5-12-29(27)39-3/h4-16,18,21-22,30-31H,17,19-20H2,1-3H3,(H,35,40). The number of pyridine rings is 1. The Morgan fingerprint density at radius 1 is 0.950 bits per heavy atom. The number of halogens is 1. The quantitative estimate of drug-likeness (QED) is 0.247. The van der Waals surface area contributed by atoms with E-state index in [0.29, 0.717) is 16.9 Å². The lowest BCUT2D eigenvalue weighted by Crippen LogP contribution is -2.38. The second-order valence-corrected chi connectivity index (χ2v) is 11.8. The summed E-state index contributed by atoms with van der Waals surface area (Å²) < 4.78 is 7.90. The average molecular weight is 572 g/mol. The maximum Gasteiger partial charge on any atom is 0.174 e. The van der Waals surface area contributed by atoms with Gasteiger partial charge < -0.3 is 24.4 Å². The van der Waals surface area contributed by atoms with E-state index in [1.807, 2.05) is 42.6 Å². The maximum atomic E-state index is 7.01. The highest BCUT2D eigenvalue weighted by Gasteiger charge is 2.42. The van der Waals surface area contributed by atoms with Crippen LogP contribution in [0.2, 0.25) is 5.02 Å². The van der Waals surface area contributed by atoms with Crippen LogP contribution < -0.4 is 19.9 Å². The summed E-state index contributed by atoms with van der Waals surface area (Å²) in [5.74, 6) is 2.08. The molecule has 0 amide bonds. The number of nitrogens with zero attached hydrogens (tertiary/aromatic N) is 4. The van der Waals surface area contributed by atoms with Crippen molar-refractivity contribution in [1.29, 1.82) is 0 Å². The molecule has 4 atom stereocenters. The lowest BCUT2D eigenvalue weighted by atomic mass is 9.91. The molecule has 6 nitrogen and oxygen atoms in total. The van der Waals surface area contributed by atoms with Crippen LogP contribution in [-0.4, -0.2) is 34.9 Å². The van der Waals surface area contributed by atoms with Crippen LogP contribution in [0.3, 0.4) is 0 Å². The van der Waals surface area contributed by atoms with Crippen molar-refractivity contribution in [3.63, 3.8) is 0 Å². The Kier molecular flexibility index (Phi) is 7.43. The molecule has 6 rings (SSSR count). The summed E-state index contributed by atoms with van der Waals surface area (Å²) >= 11 is 13.0. The summed E-state index contributed by atoms with van der Waals surface area (Å²) in [5, 5.41) is 4.94. The molecule has 4 unspecified atom stereocenters. The lowest BCUT2D eigenvalue weighted by molar-refractivity contribution is 0.357. The lowest BCUT2D eigenvalue weighted by Gasteiger charge is -2.37. The fourth-order valence-electron chi connectivity index (χ4n) is 6.38. The topological polar surface area (TPSA) is 45.6 Å². The maximum absolute atomic E-state index is 7.01. The minimum atomic E-state index is -0.181. The molecule has 40 heavy (non-hydrogen) atoms. The molecule has 2 saturated heterocycles. The van der Waals surface area contributed by atoms with Gasteiger partial charge in [-0.25, -0.2) is 0 Å². The number of hydrogen-bond donors (Lipinski definition) is 1. The van der Waals surface area contributed by atoms with Crippen LogP contribution in [0.25, 0.3) is 5.69 Å². The monoisotopic (exact) mass is 571 g/mol. The molecule has 2 fully saturated rings. The molecule has 0 radical (unpaired) electrons. The van der Waals surface area contributed by atoms with Crippen molar-refractivity contribution in [3.05, 3.63) is 102 Å². The number of para-hydroxylation sites is 2. The number of anilines is 2. The number of piperidine rings is 1. The van der Waals surface area contributed by atoms with Crippen molar-refractivity contribution in [2.75, 3.05) is 30.0 Å². The first kappa shape index (κ1) is 26.7. The van der Waals surface area contributed by atoms with Crippen molar-refractivity contribution in [2.24, 2.45) is 11.8 Å². The molecule has 4 heterocycles. The molecule has 0 spiro atoms. The third-order valence-electron chi connectivity index (χ3n) is 7.95. The number of rotatable bonds is 6. The number of hydrogen-bond acceptors (Lipinski definition) is 4. The van der Waals surface area contributed by atoms with Crippen molar-refractivity contribution in [2.45, 2.75) is 32.4 Å². The first-order chi connectivity index (χ1) is 19.4. The van der Waals surface area contributed by atoms with Crippen LogP contribution in [0.1, 0.15) is 43.7 Å². The minimum Gasteiger partial charge on any atom is -0.495 e. The molecule has 2 aromatic heterocycles. The summed E-state index contributed by atoms with van der Waals surface area (Å²) in [6.45, 7) is 6.67. The van der Waals surface area contributed by atoms with Crippen molar-refractivity contribution < 1.29 is 4.74 Å². The molecule has 0 saturated carbocycles. The number of methoxy groups -OCH3 is 1. The van der Waals surface area contributed by atoms with Crippen LogP contribution in [0, 0.1) is 11.8 Å². The van der Waals surface area contributed by atoms with Crippen LogP contribution in [0.4, 0.5) is 11.4 Å². The first-order valence-corrected chi connectivity index (χ1v) is 14.6. The number of benzene rings is 2. The smallest absolute Gasteiger partial charge is 0.174 e. The number of nitrogens with one attached hydrogen (secondary N) is 1. The molecule has 4 aromatic rings. The molecule has 2 aromatic carbocycles. The molecule has 8 heteroatoms. The van der Waals surface area contributed by atoms with E-state index in [1.165, 1.54) is 6.42 Å². The van der Waals surface area contributed by atoms with Crippen LogP contribution in [0.15, 0.2) is 85.2 Å². The van der Waals surface area contributed by atoms with Gasteiger partial charge in [0.1, 0.15) is 11.8 Å². The predicted octanol–water partition coefficient (Wildman–Crippen LogP) is 7.19. The van der Waals surface area contributed by atoms with Gasteiger partial charge in [-0.05, 0) is 85.1 Å². The molecule has 2 aliphatic heterocycles. The molecular formula is C32H34ClN5OS. The fraction of sp³-hybridized carbons (Fsp3) is 0.312. The van der Waals surface area contributed by atoms with Gasteiger partial charge in [0.05, 0.1) is 35.2 Å². The van der Waals surface area contributed by atoms with Crippen molar-refractivity contribution in [3.8, 4) is 11.4 Å². The van der Waals surface area contributed by atoms with Gasteiger partial charge in [-0.15, -0.1) is 0 Å². The third kappa shape index (κ3) is 4.93. The zero-order valence-electron chi connectivity index (χ0n) is 23.0. The summed E-state index contributed by atoms with van der Waals surface area (Å²) in [6, 6.07) is 24.2. The van der Waals surface area contributed by atoms with Gasteiger partial charge in [-0.2, -0.15) is 0 Å². The fourth-order valence-corrected chi connectivity index (χ4v) is 7.02. The average Bonchev–Trinajstić information content (AvgIpc) is 3.57. The largest absolute Gasteiger partial charge is 0.495 e. The zero-order valence-corrected chi connectivity index (χ0v) is 24.6. The van der Waals surface area contributed by atoms with E-state index < -0.39 is 0 Å². The Labute approximate surface area is 246 Å². The normalized spacial score (nSPS) is 22.9. The van der Waals surface area contributed by atoms with E-state index in [2.05, 4.69) is 76.1 Å². The van der Waals surface area contributed by atoms with Crippen molar-refractivity contribution in [1.82, 2.24) is 14.9 Å². The molecule has 2 aliphatic rings. The molecule has 206 valence electrons. The third-order valence-corrected chi connectivity index (χ3v) is 8.56. The minimum absolute atomic E-state index is 0.167. The van der Waals surface area contributed by atoms with Crippen LogP contribution in [-0.2, 0) is 0 Å². The summed E-state index contributed by atoms with van der Waals surface area (Å²) in [5.41, 5.74) is 4.97. The summed E-state index contributed by atoms with van der Waals surface area (Å²) in [7, 11) is 1.70. The Bertz CT molecular complexity index is 1500. The van der Waals surface area contributed by atoms with Crippen LogP contribution >= 0.6 is 23.8 Å². The molecule has 0 bridgehead atoms. The van der Waals surface area contributed by atoms with E-state index in [0.717, 1.165) is 52.3 Å². The Morgan fingerprint density at radius 3 is 2.45 bits per heavy atom. The molecular weight excluding hydrogens is 538 g/mol. The van der Waals surface area contributed by atoms with Gasteiger partial charge in [0.15, 0.2) is 5.11 Å². The van der Waals surface area contributed by atoms with E-state index in [4.69, 9.17) is 33.5 Å². The second kappa shape index (κ2) is 11.1. The highest BCUT2D eigenvalue weighted by Crippen LogP contribution is 2.44. The number of thiocarbonyl (C=S) groups is 1. The molecule has 0 aliphatic carbocycles. The summed E-state index contributed by atoms with van der Waals surface area (Å²) in [6.07, 6.45) is 5.14. The first-order valence-electron chi connectivity index (χ1n) is 13.8. The highest BCUT2D eigenvalue weighted by atomic mass is 35.5. The highest BCUT2D eigenvalue weighted by molar-refractivity contribution is 7.80. The predicted molar refractivity (Wildman–Crippen MR) is 167 cm³/mol. The Morgan fingerprint density at radius 2 is 1.73 bits per heavy atom. The van der Waals surface area contributed by atoms with Gasteiger partial charge in [0, 0.05) is 36.9 Å². The van der Waals surface area contributed by atoms with Gasteiger partial charge in [0.2, 0.25) is 0 Å². The van der Waals surface area contributed by atoms with Crippen LogP contribution in [0.5, 0.6) is 5.75 Å². The van der Waals surface area contributed by atoms with Gasteiger partial charge in [-0.1, -0.05) is 43.6 Å².